The second-order valence-corrected chi connectivity index (χ2v) is 8.53. The molecule has 2 aliphatic heterocycles. The van der Waals surface area contributed by atoms with E-state index >= 15 is 0 Å². The lowest BCUT2D eigenvalue weighted by Crippen LogP contribution is -2.42. The number of rotatable bonds is 3. The Kier molecular flexibility index (Phi) is 4.64. The van der Waals surface area contributed by atoms with Crippen LogP contribution in [-0.4, -0.2) is 62.5 Å². The molecule has 0 radical (unpaired) electrons. The van der Waals surface area contributed by atoms with Gasteiger partial charge in [0.1, 0.15) is 17.3 Å². The minimum atomic E-state index is -0.117. The highest BCUT2D eigenvalue weighted by molar-refractivity contribution is 5.95. The van der Waals surface area contributed by atoms with Crippen molar-refractivity contribution in [2.24, 2.45) is 0 Å². The van der Waals surface area contributed by atoms with E-state index in [9.17, 15) is 9.59 Å². The zero-order chi connectivity index (χ0) is 21.7. The minimum absolute atomic E-state index is 0.00444. The van der Waals surface area contributed by atoms with Gasteiger partial charge in [0.2, 0.25) is 0 Å². The number of nitrogens with zero attached hydrogens (tertiary/aromatic N) is 5. The summed E-state index contributed by atoms with van der Waals surface area (Å²) in [4.78, 5) is 34.6. The van der Waals surface area contributed by atoms with Crippen LogP contribution in [-0.2, 0) is 13.0 Å². The molecule has 1 aromatic carbocycles. The average molecular weight is 419 g/mol. The predicted octanol–water partition coefficient (Wildman–Crippen LogP) is 2.78. The molecule has 1 saturated heterocycles. The van der Waals surface area contributed by atoms with E-state index in [1.54, 1.807) is 32.0 Å². The van der Waals surface area contributed by atoms with E-state index in [0.717, 1.165) is 29.9 Å². The number of carbonyl (C=O) groups is 2. The van der Waals surface area contributed by atoms with Gasteiger partial charge in [-0.15, -0.1) is 0 Å². The number of carbonyl (C=O) groups excluding carboxylic acids is 2. The number of hydrogen-bond acceptors (Lipinski definition) is 5. The van der Waals surface area contributed by atoms with Gasteiger partial charge in [-0.2, -0.15) is 0 Å². The topological polar surface area (TPSA) is 84.5 Å². The third-order valence-corrected chi connectivity index (χ3v) is 6.24. The molecule has 2 atom stereocenters. The van der Waals surface area contributed by atoms with Crippen LogP contribution in [0.3, 0.4) is 0 Å². The van der Waals surface area contributed by atoms with Crippen LogP contribution in [0.15, 0.2) is 40.9 Å². The Morgan fingerprint density at radius 3 is 2.55 bits per heavy atom. The summed E-state index contributed by atoms with van der Waals surface area (Å²) in [6.07, 6.45) is 2.40. The fraction of sp³-hybridized carbons (Fsp3) is 0.391. The summed E-state index contributed by atoms with van der Waals surface area (Å²) < 4.78 is 7.28. The number of amides is 2. The maximum Gasteiger partial charge on any atom is 0.276 e. The maximum atomic E-state index is 13.3. The van der Waals surface area contributed by atoms with Crippen molar-refractivity contribution in [3.8, 4) is 11.4 Å². The van der Waals surface area contributed by atoms with Gasteiger partial charge in [-0.05, 0) is 19.8 Å². The van der Waals surface area contributed by atoms with Gasteiger partial charge >= 0.3 is 0 Å². The van der Waals surface area contributed by atoms with Crippen LogP contribution in [0.1, 0.15) is 45.3 Å². The van der Waals surface area contributed by atoms with E-state index in [-0.39, 0.29) is 23.9 Å². The fourth-order valence-electron chi connectivity index (χ4n) is 4.79. The molecule has 2 aliphatic rings. The van der Waals surface area contributed by atoms with E-state index < -0.39 is 0 Å². The third kappa shape index (κ3) is 3.22. The quantitative estimate of drug-likeness (QED) is 0.652. The van der Waals surface area contributed by atoms with Crippen LogP contribution in [0, 0.1) is 6.92 Å². The van der Waals surface area contributed by atoms with Crippen molar-refractivity contribution < 1.29 is 14.1 Å². The van der Waals surface area contributed by atoms with E-state index in [1.807, 2.05) is 35.2 Å². The minimum Gasteiger partial charge on any atom is -0.361 e. The molecule has 5 rings (SSSR count). The highest BCUT2D eigenvalue weighted by atomic mass is 16.5. The molecule has 0 saturated carbocycles. The normalized spacial score (nSPS) is 19.8. The van der Waals surface area contributed by atoms with Gasteiger partial charge in [0.25, 0.3) is 11.8 Å². The first-order chi connectivity index (χ1) is 14.9. The lowest BCUT2D eigenvalue weighted by Gasteiger charge is -2.27. The summed E-state index contributed by atoms with van der Waals surface area (Å²) in [5.74, 6) is 1.17. The van der Waals surface area contributed by atoms with Gasteiger partial charge in [-0.25, -0.2) is 4.98 Å². The van der Waals surface area contributed by atoms with Gasteiger partial charge in [-0.1, -0.05) is 35.5 Å². The Bertz CT molecular complexity index is 1150. The number of aromatic nitrogens is 3. The standard InChI is InChI=1S/C23H25N5O3/c1-14-11-18(25-31-14)22(29)28-16-9-10-17(28)13-27-19(12-16)20(23(30)26(2)3)24-21(27)15-7-5-4-6-8-15/h4-8,11,16-17H,9-10,12-13H2,1-3H3. The first-order valence-electron chi connectivity index (χ1n) is 10.6. The molecule has 1 fully saturated rings. The van der Waals surface area contributed by atoms with Crippen LogP contribution < -0.4 is 0 Å². The highest BCUT2D eigenvalue weighted by Crippen LogP contribution is 2.36. The summed E-state index contributed by atoms with van der Waals surface area (Å²) in [6.45, 7) is 2.38. The second-order valence-electron chi connectivity index (χ2n) is 8.53. The number of imidazole rings is 1. The molecule has 2 aromatic heterocycles. The molecule has 2 amide bonds. The van der Waals surface area contributed by atoms with Crippen molar-refractivity contribution in [1.82, 2.24) is 24.5 Å². The van der Waals surface area contributed by atoms with Crippen molar-refractivity contribution in [3.05, 3.63) is 59.2 Å². The molecular weight excluding hydrogens is 394 g/mol. The van der Waals surface area contributed by atoms with E-state index in [4.69, 9.17) is 9.51 Å². The van der Waals surface area contributed by atoms with Gasteiger partial charge in [-0.3, -0.25) is 9.59 Å². The lowest BCUT2D eigenvalue weighted by molar-refractivity contribution is 0.0655. The van der Waals surface area contributed by atoms with Crippen molar-refractivity contribution in [3.63, 3.8) is 0 Å². The molecule has 2 unspecified atom stereocenters. The van der Waals surface area contributed by atoms with Crippen LogP contribution in [0.25, 0.3) is 11.4 Å². The van der Waals surface area contributed by atoms with Crippen LogP contribution >= 0.6 is 0 Å². The molecule has 2 bridgehead atoms. The second kappa shape index (κ2) is 7.37. The Hall–Kier alpha value is -3.42. The van der Waals surface area contributed by atoms with Crippen LogP contribution in [0.4, 0.5) is 0 Å². The Morgan fingerprint density at radius 1 is 1.13 bits per heavy atom. The van der Waals surface area contributed by atoms with Gasteiger partial charge < -0.3 is 18.9 Å². The van der Waals surface area contributed by atoms with Gasteiger partial charge in [0, 0.05) is 44.7 Å². The maximum absolute atomic E-state index is 13.3. The molecule has 0 spiro atoms. The zero-order valence-electron chi connectivity index (χ0n) is 17.9. The van der Waals surface area contributed by atoms with Crippen LogP contribution in [0.5, 0.6) is 0 Å². The Labute approximate surface area is 180 Å². The molecule has 4 heterocycles. The van der Waals surface area contributed by atoms with Crippen molar-refractivity contribution >= 4 is 11.8 Å². The number of hydrogen-bond donors (Lipinski definition) is 0. The summed E-state index contributed by atoms with van der Waals surface area (Å²) >= 11 is 0. The predicted molar refractivity (Wildman–Crippen MR) is 114 cm³/mol. The van der Waals surface area contributed by atoms with E-state index in [0.29, 0.717) is 30.1 Å². The largest absolute Gasteiger partial charge is 0.361 e. The van der Waals surface area contributed by atoms with Crippen LogP contribution in [0.2, 0.25) is 0 Å². The molecule has 8 nitrogen and oxygen atoms in total. The smallest absolute Gasteiger partial charge is 0.276 e. The zero-order valence-corrected chi connectivity index (χ0v) is 17.9. The fourth-order valence-corrected chi connectivity index (χ4v) is 4.79. The molecule has 0 aliphatic carbocycles. The number of aryl methyl sites for hydroxylation is 1. The molecule has 31 heavy (non-hydrogen) atoms. The molecule has 160 valence electrons. The SMILES string of the molecule is Cc1cc(C(=O)N2C3CCC2Cn2c(-c4ccccc4)nc(C(=O)N(C)C)c2C3)no1. The molecule has 3 aromatic rings. The third-order valence-electron chi connectivity index (χ3n) is 6.24. The lowest BCUT2D eigenvalue weighted by atomic mass is 10.0. The number of benzene rings is 1. The molecule has 0 N–H and O–H groups in total. The number of fused-ring (bicyclic) bond motifs is 3. The Morgan fingerprint density at radius 2 is 1.87 bits per heavy atom. The highest BCUT2D eigenvalue weighted by Gasteiger charge is 2.43. The molecule has 8 heteroatoms. The monoisotopic (exact) mass is 419 g/mol. The van der Waals surface area contributed by atoms with Crippen molar-refractivity contribution in [2.45, 2.75) is 44.8 Å². The van der Waals surface area contributed by atoms with Crippen molar-refractivity contribution in [2.75, 3.05) is 14.1 Å². The average Bonchev–Trinajstić information content (AvgIpc) is 3.42. The first kappa shape index (κ1) is 19.5. The summed E-state index contributed by atoms with van der Waals surface area (Å²) in [5, 5.41) is 3.94. The van der Waals surface area contributed by atoms with Gasteiger partial charge in [0.05, 0.1) is 11.7 Å². The Balaban J connectivity index is 1.59. The summed E-state index contributed by atoms with van der Waals surface area (Å²) in [6, 6.07) is 11.6. The van der Waals surface area contributed by atoms with Crippen molar-refractivity contribution in [1.29, 1.82) is 0 Å². The van der Waals surface area contributed by atoms with Gasteiger partial charge in [0.15, 0.2) is 5.69 Å². The first-order valence-corrected chi connectivity index (χ1v) is 10.6. The summed E-state index contributed by atoms with van der Waals surface area (Å²) in [7, 11) is 3.48. The van der Waals surface area contributed by atoms with E-state index in [1.165, 1.54) is 0 Å². The van der Waals surface area contributed by atoms with E-state index in [2.05, 4.69) is 9.72 Å². The summed E-state index contributed by atoms with van der Waals surface area (Å²) in [5.41, 5.74) is 2.68. The molecular formula is C23H25N5O3.